The van der Waals surface area contributed by atoms with Gasteiger partial charge in [0.05, 0.1) is 12.6 Å². The first-order valence-corrected chi connectivity index (χ1v) is 31.1. The van der Waals surface area contributed by atoms with Crippen LogP contribution in [-0.2, 0) is 70.4 Å². The molecule has 1 aliphatic rings. The summed E-state index contributed by atoms with van der Waals surface area (Å²) in [6, 6.07) is -0.130. The van der Waals surface area contributed by atoms with Crippen LogP contribution in [0.25, 0.3) is 0 Å². The van der Waals surface area contributed by atoms with E-state index in [4.69, 9.17) is 22.3 Å². The molecule has 498 valence electrons. The summed E-state index contributed by atoms with van der Waals surface area (Å²) in [5, 5.41) is 69.3. The molecule has 1 aliphatic heterocycles. The summed E-state index contributed by atoms with van der Waals surface area (Å²) in [4.78, 5) is 167. The Kier molecular flexibility index (Phi) is 32.6. The minimum Gasteiger partial charge on any atom is -0.508 e. The van der Waals surface area contributed by atoms with Crippen molar-refractivity contribution in [2.75, 3.05) is 31.7 Å². The maximum Gasteiger partial charge on any atom is 0.326 e. The SMILES string of the molecule is CSCC[C@H](NC(=O)[C@H](CCC(=O)O)NC(=O)[C@H](Cc1ccccc1)NC(=O)[C@H](CC(C)C)NC(=O)[C@@H](N)CCCN=C(N)N)C(=O)N[C@@H](Cc1ccc(O)cc1)C(=O)N1CCC[C@H]1C(=O)N[C@@H](CO)C(=O)N[C@@H](CC(C)C)C(=O)N[C@@H](CCC(=O)O)C(=O)O. The highest BCUT2D eigenvalue weighted by Crippen LogP contribution is 2.22. The fraction of sp³-hybridized carbons (Fsp3) is 0.576. The van der Waals surface area contributed by atoms with Gasteiger partial charge in [-0.15, -0.1) is 0 Å². The number of benzene rings is 2. The number of carbonyl (C=O) groups is 12. The molecule has 9 amide bonds. The van der Waals surface area contributed by atoms with E-state index in [1.165, 1.54) is 36.0 Å². The number of carboxylic acids is 3. The van der Waals surface area contributed by atoms with Gasteiger partial charge in [0.1, 0.15) is 60.1 Å². The zero-order chi connectivity index (χ0) is 67.2. The highest BCUT2D eigenvalue weighted by molar-refractivity contribution is 7.98. The minimum absolute atomic E-state index is 0.0363. The number of guanidine groups is 1. The van der Waals surface area contributed by atoms with Crippen molar-refractivity contribution >= 4 is 88.8 Å². The van der Waals surface area contributed by atoms with Crippen LogP contribution in [0.4, 0.5) is 0 Å². The molecule has 2 aromatic carbocycles. The number of carbonyl (C=O) groups excluding carboxylic acids is 9. The van der Waals surface area contributed by atoms with Gasteiger partial charge in [0, 0.05) is 38.8 Å². The van der Waals surface area contributed by atoms with E-state index in [0.29, 0.717) is 17.5 Å². The van der Waals surface area contributed by atoms with E-state index in [2.05, 4.69) is 47.5 Å². The summed E-state index contributed by atoms with van der Waals surface area (Å²) >= 11 is 1.29. The Morgan fingerprint density at radius 2 is 1.03 bits per heavy atom. The molecule has 1 fully saturated rings. The molecule has 31 heteroatoms. The van der Waals surface area contributed by atoms with Gasteiger partial charge in [0.25, 0.3) is 0 Å². The van der Waals surface area contributed by atoms with Crippen molar-refractivity contribution in [2.24, 2.45) is 34.0 Å². The van der Waals surface area contributed by atoms with Crippen LogP contribution in [-0.4, -0.2) is 200 Å². The molecule has 0 spiro atoms. The monoisotopic (exact) mass is 1280 g/mol. The average Bonchev–Trinajstić information content (AvgIpc) is 2.18. The molecule has 0 radical (unpaired) electrons. The molecule has 2 aromatic rings. The van der Waals surface area contributed by atoms with Gasteiger partial charge in [-0.05, 0) is 105 Å². The molecule has 0 aliphatic carbocycles. The lowest BCUT2D eigenvalue weighted by molar-refractivity contribution is -0.144. The van der Waals surface area contributed by atoms with E-state index in [-0.39, 0.29) is 93.8 Å². The zero-order valence-corrected chi connectivity index (χ0v) is 52.1. The fourth-order valence-corrected chi connectivity index (χ4v) is 10.1. The summed E-state index contributed by atoms with van der Waals surface area (Å²) in [5.41, 5.74) is 17.9. The van der Waals surface area contributed by atoms with Crippen LogP contribution in [0, 0.1) is 11.8 Å². The summed E-state index contributed by atoms with van der Waals surface area (Å²) in [6.45, 7) is 6.20. The number of nitrogens with one attached hydrogen (secondary N) is 8. The third-order valence-electron chi connectivity index (χ3n) is 14.3. The highest BCUT2D eigenvalue weighted by atomic mass is 32.2. The Hall–Kier alpha value is -8.58. The molecule has 1 heterocycles. The van der Waals surface area contributed by atoms with E-state index in [1.54, 1.807) is 50.4 Å². The van der Waals surface area contributed by atoms with Crippen molar-refractivity contribution in [1.29, 1.82) is 0 Å². The van der Waals surface area contributed by atoms with Crippen LogP contribution >= 0.6 is 11.8 Å². The van der Waals surface area contributed by atoms with Crippen LogP contribution in [0.15, 0.2) is 59.6 Å². The van der Waals surface area contributed by atoms with Gasteiger partial charge in [-0.3, -0.25) is 57.7 Å². The normalized spacial score (nSPS) is 15.8. The van der Waals surface area contributed by atoms with E-state index in [0.717, 1.165) is 4.90 Å². The number of thioether (sulfide) groups is 1. The number of aliphatic hydroxyl groups excluding tert-OH is 1. The number of likely N-dealkylation sites (tertiary alicyclic amines) is 1. The fourth-order valence-electron chi connectivity index (χ4n) is 9.63. The second kappa shape index (κ2) is 38.7. The number of hydrogen-bond donors (Lipinski definition) is 16. The number of amides is 9. The van der Waals surface area contributed by atoms with Crippen LogP contribution in [0.1, 0.15) is 109 Å². The number of hydrogen-bond acceptors (Lipinski definition) is 17. The summed E-state index contributed by atoms with van der Waals surface area (Å²) < 4.78 is 0. The summed E-state index contributed by atoms with van der Waals surface area (Å²) in [7, 11) is 0. The van der Waals surface area contributed by atoms with Crippen LogP contribution in [0.3, 0.4) is 0 Å². The van der Waals surface area contributed by atoms with Gasteiger partial charge < -0.3 is 90.2 Å². The van der Waals surface area contributed by atoms with Crippen molar-refractivity contribution in [3.63, 3.8) is 0 Å². The topological polar surface area (TPSA) is 496 Å². The molecule has 1 saturated heterocycles. The van der Waals surface area contributed by atoms with Gasteiger partial charge in [-0.25, -0.2) is 4.79 Å². The molecular weight excluding hydrogens is 1190 g/mol. The van der Waals surface area contributed by atoms with E-state index >= 15 is 0 Å². The first kappa shape index (κ1) is 75.7. The molecule has 10 atom stereocenters. The van der Waals surface area contributed by atoms with Gasteiger partial charge in [-0.2, -0.15) is 11.8 Å². The second-order valence-electron chi connectivity index (χ2n) is 22.7. The number of carboxylic acid groups (broad SMARTS) is 3. The maximum atomic E-state index is 14.8. The van der Waals surface area contributed by atoms with Crippen molar-refractivity contribution in [3.05, 3.63) is 65.7 Å². The minimum atomic E-state index is -1.71. The molecule has 30 nitrogen and oxygen atoms in total. The molecule has 0 aromatic heterocycles. The number of phenols is 1. The van der Waals surface area contributed by atoms with Gasteiger partial charge >= 0.3 is 17.9 Å². The summed E-state index contributed by atoms with van der Waals surface area (Å²) in [5.74, 6) is -12.6. The standard InChI is InChI=1S/C59H89N13O17S/c1-32(2)27-41(67-49(79)37(60)13-9-24-63-59(61)62)53(83)69-43(29-34-11-7-6-8-12-34)54(84)64-38(19-21-47(75)76)50(80)65-39(23-26-90-5)51(81)70-44(30-35-15-17-36(74)18-16-35)57(87)72-25-10-14-46(72)56(86)71-45(31-73)55(85)68-42(28-33(3)4)52(82)66-40(58(88)89)20-22-48(77)78/h6-8,11-12,15-18,32-33,37-46,73-74H,9-10,13-14,19-31,60H2,1-5H3,(H,64,84)(H,65,80)(H,66,82)(H,67,79)(H,68,85)(H,69,83)(H,70,81)(H,71,86)(H,75,76)(H,77,78)(H,88,89)(H4,61,62,63)/t37-,38-,39-,40-,41-,42-,43-,44-,45-,46-/m0/s1. The predicted octanol–water partition coefficient (Wildman–Crippen LogP) is -1.92. The Bertz CT molecular complexity index is 2790. The Labute approximate surface area is 526 Å². The lowest BCUT2D eigenvalue weighted by Gasteiger charge is -2.31. The third-order valence-corrected chi connectivity index (χ3v) is 15.0. The first-order valence-electron chi connectivity index (χ1n) is 29.7. The van der Waals surface area contributed by atoms with Crippen molar-refractivity contribution in [3.8, 4) is 5.75 Å². The molecule has 0 saturated carbocycles. The number of nitrogens with zero attached hydrogens (tertiary/aromatic N) is 2. The second-order valence-corrected chi connectivity index (χ2v) is 23.7. The number of aliphatic carboxylic acids is 3. The Morgan fingerprint density at radius 3 is 1.56 bits per heavy atom. The van der Waals surface area contributed by atoms with Crippen LogP contribution < -0.4 is 59.7 Å². The number of aliphatic imine (C=N–C) groups is 1. The lowest BCUT2D eigenvalue weighted by atomic mass is 10.00. The number of aliphatic hydroxyl groups is 1. The highest BCUT2D eigenvalue weighted by Gasteiger charge is 2.41. The predicted molar refractivity (Wildman–Crippen MR) is 330 cm³/mol. The Morgan fingerprint density at radius 1 is 0.578 bits per heavy atom. The lowest BCUT2D eigenvalue weighted by Crippen LogP contribution is -2.61. The number of rotatable bonds is 40. The third kappa shape index (κ3) is 27.0. The number of phenolic OH excluding ortho intramolecular Hbond substituents is 1. The van der Waals surface area contributed by atoms with Gasteiger partial charge in [0.15, 0.2) is 5.96 Å². The van der Waals surface area contributed by atoms with E-state index in [1.807, 2.05) is 13.8 Å². The average molecular weight is 1280 g/mol. The molecular formula is C59H89N13O17S. The van der Waals surface area contributed by atoms with Gasteiger partial charge in [-0.1, -0.05) is 70.2 Å². The van der Waals surface area contributed by atoms with Crippen LogP contribution in [0.2, 0.25) is 0 Å². The maximum absolute atomic E-state index is 14.8. The number of nitrogens with two attached hydrogens (primary N) is 3. The van der Waals surface area contributed by atoms with Crippen molar-refractivity contribution in [2.45, 2.75) is 172 Å². The molecule has 0 bridgehead atoms. The molecule has 90 heavy (non-hydrogen) atoms. The first-order chi connectivity index (χ1) is 42.5. The Balaban J connectivity index is 1.93. The largest absolute Gasteiger partial charge is 0.508 e. The van der Waals surface area contributed by atoms with Crippen molar-refractivity contribution in [1.82, 2.24) is 47.4 Å². The molecule has 3 rings (SSSR count). The van der Waals surface area contributed by atoms with E-state index < -0.39 is 164 Å². The zero-order valence-electron chi connectivity index (χ0n) is 51.3. The van der Waals surface area contributed by atoms with Crippen LogP contribution in [0.5, 0.6) is 5.75 Å². The molecule has 19 N–H and O–H groups in total. The molecule has 0 unspecified atom stereocenters. The van der Waals surface area contributed by atoms with Crippen molar-refractivity contribution < 1.29 is 83.1 Å². The quantitative estimate of drug-likeness (QED) is 0.0196. The van der Waals surface area contributed by atoms with E-state index in [9.17, 15) is 78.0 Å². The smallest absolute Gasteiger partial charge is 0.326 e. The van der Waals surface area contributed by atoms with Gasteiger partial charge in [0.2, 0.25) is 53.2 Å². The number of aromatic hydroxyl groups is 1. The summed E-state index contributed by atoms with van der Waals surface area (Å²) in [6.07, 6.45) is -0.0226.